The Morgan fingerprint density at radius 2 is 2.33 bits per heavy atom. The lowest BCUT2D eigenvalue weighted by Crippen LogP contribution is -2.28. The number of carbonyl (C=O) groups is 1. The van der Waals surface area contributed by atoms with E-state index < -0.39 is 0 Å². The van der Waals surface area contributed by atoms with E-state index in [-0.39, 0.29) is 23.3 Å². The first kappa shape index (κ1) is 16.8. The molecule has 0 saturated carbocycles. The van der Waals surface area contributed by atoms with Crippen LogP contribution in [0.2, 0.25) is 0 Å². The van der Waals surface area contributed by atoms with Gasteiger partial charge in [0.2, 0.25) is 5.91 Å². The molecule has 1 atom stereocenters. The normalized spacial score (nSPS) is 12.4. The fraction of sp³-hybridized carbons (Fsp3) is 0.312. The van der Waals surface area contributed by atoms with Crippen molar-refractivity contribution in [1.82, 2.24) is 14.9 Å². The molecular formula is C16H17N3O3S2. The second kappa shape index (κ2) is 7.23. The van der Waals surface area contributed by atoms with Crippen LogP contribution in [0.4, 0.5) is 0 Å². The molecule has 3 heterocycles. The lowest BCUT2D eigenvalue weighted by atomic mass is 10.2. The molecule has 0 aromatic carbocycles. The molecule has 3 aromatic heterocycles. The third-order valence-electron chi connectivity index (χ3n) is 3.53. The van der Waals surface area contributed by atoms with Crippen molar-refractivity contribution in [3.63, 3.8) is 0 Å². The molecule has 0 radical (unpaired) electrons. The summed E-state index contributed by atoms with van der Waals surface area (Å²) >= 11 is 2.65. The number of hydrogen-bond donors (Lipinski definition) is 1. The fourth-order valence-electron chi connectivity index (χ4n) is 2.33. The van der Waals surface area contributed by atoms with Crippen LogP contribution in [0.25, 0.3) is 10.2 Å². The number of furan rings is 1. The van der Waals surface area contributed by atoms with E-state index in [0.29, 0.717) is 27.7 Å². The summed E-state index contributed by atoms with van der Waals surface area (Å²) < 4.78 is 7.53. The predicted molar refractivity (Wildman–Crippen MR) is 95.5 cm³/mol. The molecule has 0 fully saturated rings. The largest absolute Gasteiger partial charge is 0.467 e. The first-order valence-electron chi connectivity index (χ1n) is 7.53. The van der Waals surface area contributed by atoms with E-state index in [1.165, 1.54) is 23.1 Å². The Kier molecular flexibility index (Phi) is 5.06. The van der Waals surface area contributed by atoms with Crippen molar-refractivity contribution in [3.8, 4) is 0 Å². The molecule has 1 N–H and O–H groups in total. The van der Waals surface area contributed by atoms with Gasteiger partial charge in [0.25, 0.3) is 5.56 Å². The first-order valence-corrected chi connectivity index (χ1v) is 9.40. The van der Waals surface area contributed by atoms with E-state index in [4.69, 9.17) is 4.42 Å². The Hall–Kier alpha value is -2.06. The number of thiophene rings is 1. The molecule has 1 amide bonds. The molecule has 0 aliphatic heterocycles. The lowest BCUT2D eigenvalue weighted by molar-refractivity contribution is -0.119. The van der Waals surface area contributed by atoms with Gasteiger partial charge < -0.3 is 9.73 Å². The van der Waals surface area contributed by atoms with Gasteiger partial charge in [0.1, 0.15) is 10.5 Å². The number of aromatic nitrogens is 2. The van der Waals surface area contributed by atoms with Crippen LogP contribution in [-0.4, -0.2) is 21.2 Å². The highest BCUT2D eigenvalue weighted by atomic mass is 32.2. The number of amides is 1. The van der Waals surface area contributed by atoms with Crippen molar-refractivity contribution < 1.29 is 9.21 Å². The maximum absolute atomic E-state index is 12.4. The maximum atomic E-state index is 12.4. The molecule has 3 rings (SSSR count). The molecule has 24 heavy (non-hydrogen) atoms. The molecule has 0 bridgehead atoms. The highest BCUT2D eigenvalue weighted by Crippen LogP contribution is 2.21. The lowest BCUT2D eigenvalue weighted by Gasteiger charge is -2.12. The summed E-state index contributed by atoms with van der Waals surface area (Å²) in [5.41, 5.74) is 0.630. The van der Waals surface area contributed by atoms with Gasteiger partial charge in [0.15, 0.2) is 5.16 Å². The molecule has 126 valence electrons. The second-order valence-electron chi connectivity index (χ2n) is 5.17. The molecule has 0 spiro atoms. The minimum absolute atomic E-state index is 0.0515. The number of hydrogen-bond acceptors (Lipinski definition) is 6. The Morgan fingerprint density at radius 1 is 1.50 bits per heavy atom. The number of nitrogens with zero attached hydrogens (tertiary/aromatic N) is 2. The number of nitrogens with one attached hydrogen (secondary N) is 1. The molecular weight excluding hydrogens is 346 g/mol. The van der Waals surface area contributed by atoms with E-state index in [0.717, 1.165) is 0 Å². The van der Waals surface area contributed by atoms with Crippen LogP contribution in [0.15, 0.2) is 44.2 Å². The molecule has 0 unspecified atom stereocenters. The highest BCUT2D eigenvalue weighted by Gasteiger charge is 2.15. The third kappa shape index (κ3) is 3.39. The Labute approximate surface area is 146 Å². The number of carbonyl (C=O) groups excluding carboxylic acids is 1. The second-order valence-corrected chi connectivity index (χ2v) is 7.03. The standard InChI is InChI=1S/C16H17N3O3S2/c1-3-19-15(21)14-11(6-8-23-14)18-16(19)24-9-13(20)17-10(2)12-5-4-7-22-12/h4-8,10H,3,9H2,1-2H3,(H,17,20)/t10-/m0/s1. The van der Waals surface area contributed by atoms with E-state index in [1.54, 1.807) is 16.9 Å². The van der Waals surface area contributed by atoms with Crippen LogP contribution in [0.5, 0.6) is 0 Å². The number of thioether (sulfide) groups is 1. The van der Waals surface area contributed by atoms with Crippen LogP contribution in [0.1, 0.15) is 25.6 Å². The molecule has 0 saturated heterocycles. The fourth-order valence-corrected chi connectivity index (χ4v) is 3.99. The Balaban J connectivity index is 1.71. The molecule has 8 heteroatoms. The van der Waals surface area contributed by atoms with Crippen molar-refractivity contribution >= 4 is 39.2 Å². The van der Waals surface area contributed by atoms with Crippen LogP contribution in [0, 0.1) is 0 Å². The Bertz CT molecular complexity index is 899. The van der Waals surface area contributed by atoms with Crippen LogP contribution < -0.4 is 10.9 Å². The first-order chi connectivity index (χ1) is 11.6. The van der Waals surface area contributed by atoms with Gasteiger partial charge in [-0.05, 0) is 37.4 Å². The van der Waals surface area contributed by atoms with E-state index in [9.17, 15) is 9.59 Å². The van der Waals surface area contributed by atoms with Gasteiger partial charge in [-0.3, -0.25) is 14.2 Å². The van der Waals surface area contributed by atoms with Gasteiger partial charge >= 0.3 is 0 Å². The summed E-state index contributed by atoms with van der Waals surface area (Å²) in [4.78, 5) is 29.1. The van der Waals surface area contributed by atoms with Crippen LogP contribution >= 0.6 is 23.1 Å². The zero-order valence-electron chi connectivity index (χ0n) is 13.3. The van der Waals surface area contributed by atoms with Gasteiger partial charge in [-0.2, -0.15) is 0 Å². The van der Waals surface area contributed by atoms with Crippen molar-refractivity contribution in [1.29, 1.82) is 0 Å². The van der Waals surface area contributed by atoms with Crippen molar-refractivity contribution in [2.45, 2.75) is 31.6 Å². The molecule has 6 nitrogen and oxygen atoms in total. The van der Waals surface area contributed by atoms with Gasteiger partial charge in [-0.25, -0.2) is 4.98 Å². The van der Waals surface area contributed by atoms with Crippen LogP contribution in [-0.2, 0) is 11.3 Å². The van der Waals surface area contributed by atoms with Crippen molar-refractivity contribution in [2.75, 3.05) is 5.75 Å². The molecule has 0 aliphatic rings. The third-order valence-corrected chi connectivity index (χ3v) is 5.39. The maximum Gasteiger partial charge on any atom is 0.272 e. The van der Waals surface area contributed by atoms with Crippen molar-refractivity contribution in [2.24, 2.45) is 0 Å². The van der Waals surface area contributed by atoms with Gasteiger partial charge in [-0.1, -0.05) is 11.8 Å². The summed E-state index contributed by atoms with van der Waals surface area (Å²) in [6.45, 7) is 4.27. The van der Waals surface area contributed by atoms with Crippen LogP contribution in [0.3, 0.4) is 0 Å². The average molecular weight is 363 g/mol. The summed E-state index contributed by atoms with van der Waals surface area (Å²) in [6.07, 6.45) is 1.58. The minimum Gasteiger partial charge on any atom is -0.467 e. The monoisotopic (exact) mass is 363 g/mol. The number of fused-ring (bicyclic) bond motifs is 1. The van der Waals surface area contributed by atoms with E-state index in [2.05, 4.69) is 10.3 Å². The van der Waals surface area contributed by atoms with Crippen molar-refractivity contribution in [3.05, 3.63) is 46.0 Å². The zero-order chi connectivity index (χ0) is 17.1. The summed E-state index contributed by atoms with van der Waals surface area (Å²) in [5, 5.41) is 5.29. The topological polar surface area (TPSA) is 77.1 Å². The quantitative estimate of drug-likeness (QED) is 0.538. The minimum atomic E-state index is -0.200. The summed E-state index contributed by atoms with van der Waals surface area (Å²) in [6, 6.07) is 5.23. The SMILES string of the molecule is CCn1c(SCC(=O)N[C@@H](C)c2ccco2)nc2ccsc2c1=O. The molecule has 3 aromatic rings. The predicted octanol–water partition coefficient (Wildman–Crippen LogP) is 3.04. The highest BCUT2D eigenvalue weighted by molar-refractivity contribution is 7.99. The van der Waals surface area contributed by atoms with E-state index >= 15 is 0 Å². The Morgan fingerprint density at radius 3 is 3.04 bits per heavy atom. The number of rotatable bonds is 6. The van der Waals surface area contributed by atoms with Gasteiger partial charge in [0.05, 0.1) is 23.6 Å². The molecule has 0 aliphatic carbocycles. The summed E-state index contributed by atoms with van der Waals surface area (Å²) in [5.74, 6) is 0.760. The van der Waals surface area contributed by atoms with Gasteiger partial charge in [0, 0.05) is 6.54 Å². The summed E-state index contributed by atoms with van der Waals surface area (Å²) in [7, 11) is 0. The van der Waals surface area contributed by atoms with Gasteiger partial charge in [-0.15, -0.1) is 11.3 Å². The zero-order valence-corrected chi connectivity index (χ0v) is 14.9. The smallest absolute Gasteiger partial charge is 0.272 e. The average Bonchev–Trinajstić information content (AvgIpc) is 3.24. The van der Waals surface area contributed by atoms with E-state index in [1.807, 2.05) is 31.4 Å².